The Balaban J connectivity index is 1.95. The van der Waals surface area contributed by atoms with Crippen LogP contribution in [0.3, 0.4) is 0 Å². The second-order valence-electron chi connectivity index (χ2n) is 7.42. The third kappa shape index (κ3) is 4.00. The van der Waals surface area contributed by atoms with Crippen molar-refractivity contribution in [2.45, 2.75) is 48.0 Å². The summed E-state index contributed by atoms with van der Waals surface area (Å²) in [6.07, 6.45) is 1.07. The molecular weight excluding hydrogens is 328 g/mol. The van der Waals surface area contributed by atoms with Crippen molar-refractivity contribution in [1.29, 1.82) is 0 Å². The van der Waals surface area contributed by atoms with Crippen LogP contribution < -0.4 is 10.6 Å². The number of aryl methyl sites for hydroxylation is 2. The van der Waals surface area contributed by atoms with Gasteiger partial charge in [-0.15, -0.1) is 0 Å². The number of benzene rings is 3. The van der Waals surface area contributed by atoms with E-state index in [1.54, 1.807) is 0 Å². The molecule has 0 aromatic heterocycles. The van der Waals surface area contributed by atoms with E-state index in [1.165, 1.54) is 44.8 Å². The maximum atomic E-state index is 3.64. The lowest BCUT2D eigenvalue weighted by molar-refractivity contribution is 1.14. The van der Waals surface area contributed by atoms with Gasteiger partial charge in [0.15, 0.2) is 0 Å². The van der Waals surface area contributed by atoms with Crippen LogP contribution in [0.1, 0.15) is 40.3 Å². The van der Waals surface area contributed by atoms with Crippen molar-refractivity contribution < 1.29 is 0 Å². The molecule has 0 fully saturated rings. The molecule has 0 bridgehead atoms. The van der Waals surface area contributed by atoms with Gasteiger partial charge in [-0.3, -0.25) is 0 Å². The molecule has 0 amide bonds. The van der Waals surface area contributed by atoms with Crippen LogP contribution in [0.5, 0.6) is 0 Å². The summed E-state index contributed by atoms with van der Waals surface area (Å²) in [5.41, 5.74) is 12.5. The highest BCUT2D eigenvalue weighted by atomic mass is 14.9. The molecule has 140 valence electrons. The molecule has 2 N–H and O–H groups in total. The van der Waals surface area contributed by atoms with Crippen LogP contribution in [0.25, 0.3) is 0 Å². The van der Waals surface area contributed by atoms with Gasteiger partial charge in [0, 0.05) is 22.7 Å². The van der Waals surface area contributed by atoms with E-state index in [0.29, 0.717) is 0 Å². The molecule has 3 rings (SSSR count). The molecule has 0 saturated heterocycles. The van der Waals surface area contributed by atoms with Gasteiger partial charge >= 0.3 is 0 Å². The summed E-state index contributed by atoms with van der Waals surface area (Å²) < 4.78 is 0. The summed E-state index contributed by atoms with van der Waals surface area (Å²) in [7, 11) is 0. The Labute approximate surface area is 163 Å². The van der Waals surface area contributed by atoms with Crippen LogP contribution in [0, 0.1) is 34.6 Å². The monoisotopic (exact) mass is 358 g/mol. The average Bonchev–Trinajstić information content (AvgIpc) is 2.69. The van der Waals surface area contributed by atoms with Gasteiger partial charge < -0.3 is 10.6 Å². The molecule has 2 heteroatoms. The number of hydrogen-bond donors (Lipinski definition) is 2. The second kappa shape index (κ2) is 7.87. The van der Waals surface area contributed by atoms with Crippen molar-refractivity contribution in [2.24, 2.45) is 0 Å². The van der Waals surface area contributed by atoms with Crippen molar-refractivity contribution in [3.8, 4) is 0 Å². The maximum Gasteiger partial charge on any atom is 0.0450 e. The fourth-order valence-corrected chi connectivity index (χ4v) is 3.44. The van der Waals surface area contributed by atoms with Gasteiger partial charge in [0.25, 0.3) is 0 Å². The van der Waals surface area contributed by atoms with Crippen molar-refractivity contribution in [1.82, 2.24) is 0 Å². The molecule has 0 atom stereocenters. The Bertz CT molecular complexity index is 907. The van der Waals surface area contributed by atoms with Crippen LogP contribution in [0.2, 0.25) is 0 Å². The Hall–Kier alpha value is -2.74. The SMILES string of the molecule is CCc1ccc(Nc2c(C)c(C)c(Nc3ccc(C)cc3)c(C)c2C)cc1. The summed E-state index contributed by atoms with van der Waals surface area (Å²) in [5, 5.41) is 7.27. The molecule has 0 heterocycles. The summed E-state index contributed by atoms with van der Waals surface area (Å²) >= 11 is 0. The van der Waals surface area contributed by atoms with Crippen LogP contribution in [-0.4, -0.2) is 0 Å². The summed E-state index contributed by atoms with van der Waals surface area (Å²) in [6, 6.07) is 17.3. The van der Waals surface area contributed by atoms with Gasteiger partial charge in [0.05, 0.1) is 0 Å². The maximum absolute atomic E-state index is 3.64. The fraction of sp³-hybridized carbons (Fsp3) is 0.280. The molecule has 0 aliphatic rings. The highest BCUT2D eigenvalue weighted by Gasteiger charge is 2.15. The largest absolute Gasteiger partial charge is 0.355 e. The minimum Gasteiger partial charge on any atom is -0.355 e. The van der Waals surface area contributed by atoms with Gasteiger partial charge in [-0.25, -0.2) is 0 Å². The minimum absolute atomic E-state index is 1.07. The van der Waals surface area contributed by atoms with Crippen LogP contribution >= 0.6 is 0 Å². The lowest BCUT2D eigenvalue weighted by atomic mass is 9.95. The van der Waals surface area contributed by atoms with Crippen molar-refractivity contribution in [2.75, 3.05) is 10.6 Å². The van der Waals surface area contributed by atoms with Gasteiger partial charge in [-0.1, -0.05) is 36.8 Å². The minimum atomic E-state index is 1.07. The molecule has 2 nitrogen and oxygen atoms in total. The van der Waals surface area contributed by atoms with Crippen LogP contribution in [-0.2, 0) is 6.42 Å². The first-order valence-electron chi connectivity index (χ1n) is 9.70. The predicted octanol–water partition coefficient (Wildman–Crippen LogP) is 7.28. The molecule has 0 radical (unpaired) electrons. The van der Waals surface area contributed by atoms with Gasteiger partial charge in [0.1, 0.15) is 0 Å². The Morgan fingerprint density at radius 2 is 0.926 bits per heavy atom. The summed E-state index contributed by atoms with van der Waals surface area (Å²) in [6.45, 7) is 13.1. The number of hydrogen-bond acceptors (Lipinski definition) is 2. The van der Waals surface area contributed by atoms with E-state index in [1.807, 2.05) is 0 Å². The quantitative estimate of drug-likeness (QED) is 0.501. The molecule has 0 unspecified atom stereocenters. The summed E-state index contributed by atoms with van der Waals surface area (Å²) in [4.78, 5) is 0. The predicted molar refractivity (Wildman–Crippen MR) is 119 cm³/mol. The van der Waals surface area contributed by atoms with Crippen LogP contribution in [0.4, 0.5) is 22.7 Å². The Morgan fingerprint density at radius 1 is 0.556 bits per heavy atom. The second-order valence-corrected chi connectivity index (χ2v) is 7.42. The van der Waals surface area contributed by atoms with E-state index < -0.39 is 0 Å². The topological polar surface area (TPSA) is 24.1 Å². The number of anilines is 4. The lowest BCUT2D eigenvalue weighted by Crippen LogP contribution is -2.05. The Morgan fingerprint density at radius 3 is 1.30 bits per heavy atom. The van der Waals surface area contributed by atoms with Crippen LogP contribution in [0.15, 0.2) is 48.5 Å². The molecule has 0 spiro atoms. The van der Waals surface area contributed by atoms with Crippen molar-refractivity contribution in [3.05, 3.63) is 81.9 Å². The van der Waals surface area contributed by atoms with Gasteiger partial charge in [-0.2, -0.15) is 0 Å². The van der Waals surface area contributed by atoms with Gasteiger partial charge in [0.2, 0.25) is 0 Å². The molecule has 3 aromatic rings. The van der Waals surface area contributed by atoms with Gasteiger partial charge in [-0.05, 0) is 93.1 Å². The third-order valence-corrected chi connectivity index (χ3v) is 5.58. The average molecular weight is 359 g/mol. The first-order valence-corrected chi connectivity index (χ1v) is 9.70. The lowest BCUT2D eigenvalue weighted by Gasteiger charge is -2.22. The number of nitrogens with one attached hydrogen (secondary N) is 2. The van der Waals surface area contributed by atoms with Crippen molar-refractivity contribution in [3.63, 3.8) is 0 Å². The zero-order valence-electron chi connectivity index (χ0n) is 17.3. The zero-order valence-corrected chi connectivity index (χ0v) is 17.3. The standard InChI is InChI=1S/C25H30N2/c1-7-21-10-14-23(15-11-21)27-25-19(5)17(3)24(18(4)20(25)6)26-22-12-8-16(2)9-13-22/h8-15,26-27H,7H2,1-6H3. The molecule has 27 heavy (non-hydrogen) atoms. The fourth-order valence-electron chi connectivity index (χ4n) is 3.44. The van der Waals surface area contributed by atoms with Crippen molar-refractivity contribution >= 4 is 22.7 Å². The molecule has 0 aliphatic carbocycles. The highest BCUT2D eigenvalue weighted by Crippen LogP contribution is 2.37. The zero-order chi connectivity index (χ0) is 19.6. The molecule has 0 aliphatic heterocycles. The third-order valence-electron chi connectivity index (χ3n) is 5.58. The van der Waals surface area contributed by atoms with E-state index in [2.05, 4.69) is 101 Å². The highest BCUT2D eigenvalue weighted by molar-refractivity contribution is 5.79. The van der Waals surface area contributed by atoms with E-state index in [4.69, 9.17) is 0 Å². The molecule has 0 saturated carbocycles. The first-order chi connectivity index (χ1) is 12.9. The van der Waals surface area contributed by atoms with E-state index >= 15 is 0 Å². The Kier molecular flexibility index (Phi) is 5.55. The van der Waals surface area contributed by atoms with E-state index in [9.17, 15) is 0 Å². The smallest absolute Gasteiger partial charge is 0.0450 e. The summed E-state index contributed by atoms with van der Waals surface area (Å²) in [5.74, 6) is 0. The van der Waals surface area contributed by atoms with E-state index in [0.717, 1.165) is 17.8 Å². The number of rotatable bonds is 5. The first kappa shape index (κ1) is 19.0. The van der Waals surface area contributed by atoms with E-state index in [-0.39, 0.29) is 0 Å². The molecular formula is C25H30N2. The molecule has 3 aromatic carbocycles. The normalized spacial score (nSPS) is 10.7.